The van der Waals surface area contributed by atoms with Crippen LogP contribution in [0.3, 0.4) is 0 Å². The van der Waals surface area contributed by atoms with Crippen LogP contribution in [0.2, 0.25) is 0 Å². The van der Waals surface area contributed by atoms with Gasteiger partial charge in [0.25, 0.3) is 10.0 Å². The van der Waals surface area contributed by atoms with Crippen molar-refractivity contribution >= 4 is 15.9 Å². The molecular formula is C12H20N4O3S. The molecule has 0 aromatic carbocycles. The Balaban J connectivity index is 1.93. The number of sulfonamides is 1. The topological polar surface area (TPSA) is 95.2 Å². The van der Waals surface area contributed by atoms with E-state index in [9.17, 15) is 13.2 Å². The van der Waals surface area contributed by atoms with E-state index >= 15 is 0 Å². The van der Waals surface area contributed by atoms with Gasteiger partial charge < -0.3 is 10.3 Å². The number of aromatic nitrogens is 2. The molecule has 0 spiro atoms. The lowest BCUT2D eigenvalue weighted by molar-refractivity contribution is -0.124. The Kier molecular flexibility index (Phi) is 4.44. The second-order valence-corrected chi connectivity index (χ2v) is 7.16. The Morgan fingerprint density at radius 3 is 2.60 bits per heavy atom. The summed E-state index contributed by atoms with van der Waals surface area (Å²) in [5.74, 6) is -0.0402. The first-order valence-electron chi connectivity index (χ1n) is 6.70. The molecule has 0 bridgehead atoms. The van der Waals surface area contributed by atoms with Crippen LogP contribution in [-0.4, -0.2) is 47.7 Å². The molecule has 8 heteroatoms. The average molecular weight is 300 g/mol. The quantitative estimate of drug-likeness (QED) is 0.838. The molecule has 2 heterocycles. The minimum absolute atomic E-state index is 0.0138. The second kappa shape index (κ2) is 5.92. The maximum Gasteiger partial charge on any atom is 0.260 e. The highest BCUT2D eigenvalue weighted by Crippen LogP contribution is 2.19. The lowest BCUT2D eigenvalue weighted by Gasteiger charge is -2.31. The van der Waals surface area contributed by atoms with Crippen LogP contribution in [0.25, 0.3) is 0 Å². The van der Waals surface area contributed by atoms with Gasteiger partial charge in [-0.1, -0.05) is 13.8 Å². The Hall–Kier alpha value is -1.41. The van der Waals surface area contributed by atoms with Gasteiger partial charge in [0.1, 0.15) is 0 Å². The first kappa shape index (κ1) is 15.0. The highest BCUT2D eigenvalue weighted by molar-refractivity contribution is 7.89. The van der Waals surface area contributed by atoms with E-state index in [0.29, 0.717) is 25.9 Å². The summed E-state index contributed by atoms with van der Waals surface area (Å²) in [6.07, 6.45) is 3.92. The summed E-state index contributed by atoms with van der Waals surface area (Å²) >= 11 is 0. The molecule has 1 aliphatic rings. The third kappa shape index (κ3) is 3.18. The highest BCUT2D eigenvalue weighted by atomic mass is 32.2. The van der Waals surface area contributed by atoms with E-state index in [1.807, 2.05) is 13.8 Å². The Morgan fingerprint density at radius 1 is 1.45 bits per heavy atom. The van der Waals surface area contributed by atoms with Gasteiger partial charge in [-0.05, 0) is 12.8 Å². The zero-order valence-corrected chi connectivity index (χ0v) is 12.5. The van der Waals surface area contributed by atoms with Crippen LogP contribution in [0.5, 0.6) is 0 Å². The number of carbonyl (C=O) groups excluding carboxylic acids is 1. The fourth-order valence-corrected chi connectivity index (χ4v) is 3.50. The molecule has 1 amide bonds. The maximum atomic E-state index is 12.3. The number of aromatic amines is 1. The van der Waals surface area contributed by atoms with E-state index in [2.05, 4.69) is 15.3 Å². The van der Waals surface area contributed by atoms with Crippen molar-refractivity contribution in [2.24, 2.45) is 5.92 Å². The summed E-state index contributed by atoms with van der Waals surface area (Å²) in [7, 11) is -3.48. The van der Waals surface area contributed by atoms with Crippen LogP contribution in [0.1, 0.15) is 26.7 Å². The molecule has 0 atom stereocenters. The van der Waals surface area contributed by atoms with Crippen LogP contribution < -0.4 is 5.32 Å². The molecule has 2 rings (SSSR count). The predicted molar refractivity (Wildman–Crippen MR) is 73.3 cm³/mol. The number of nitrogens with zero attached hydrogens (tertiary/aromatic N) is 2. The van der Waals surface area contributed by atoms with Crippen molar-refractivity contribution in [3.63, 3.8) is 0 Å². The second-order valence-electron chi connectivity index (χ2n) is 5.26. The zero-order valence-electron chi connectivity index (χ0n) is 11.7. The zero-order chi connectivity index (χ0) is 14.8. The largest absolute Gasteiger partial charge is 0.353 e. The summed E-state index contributed by atoms with van der Waals surface area (Å²) in [5, 5.41) is 3.06. The number of hydrogen-bond donors (Lipinski definition) is 2. The van der Waals surface area contributed by atoms with E-state index in [1.165, 1.54) is 16.8 Å². The Morgan fingerprint density at radius 2 is 2.10 bits per heavy atom. The number of nitrogens with one attached hydrogen (secondary N) is 2. The maximum absolute atomic E-state index is 12.3. The number of H-pyrrole nitrogens is 1. The van der Waals surface area contributed by atoms with Gasteiger partial charge in [-0.3, -0.25) is 4.79 Å². The van der Waals surface area contributed by atoms with Crippen molar-refractivity contribution in [2.75, 3.05) is 13.1 Å². The van der Waals surface area contributed by atoms with E-state index in [4.69, 9.17) is 0 Å². The van der Waals surface area contributed by atoms with Crippen LogP contribution >= 0.6 is 0 Å². The number of imidazole rings is 1. The molecule has 0 aliphatic carbocycles. The third-order valence-electron chi connectivity index (χ3n) is 3.42. The molecule has 1 aromatic heterocycles. The van der Waals surface area contributed by atoms with Crippen LogP contribution in [0.15, 0.2) is 17.6 Å². The summed E-state index contributed by atoms with van der Waals surface area (Å²) in [5.41, 5.74) is 0. The van der Waals surface area contributed by atoms with Gasteiger partial charge >= 0.3 is 0 Å². The molecule has 1 fully saturated rings. The van der Waals surface area contributed by atoms with Gasteiger partial charge in [0.2, 0.25) is 5.91 Å². The molecule has 20 heavy (non-hydrogen) atoms. The highest BCUT2D eigenvalue weighted by Gasteiger charge is 2.30. The lowest BCUT2D eigenvalue weighted by atomic mass is 10.1. The van der Waals surface area contributed by atoms with Gasteiger partial charge in [-0.15, -0.1) is 0 Å². The van der Waals surface area contributed by atoms with Gasteiger partial charge in [0, 0.05) is 25.0 Å². The van der Waals surface area contributed by atoms with E-state index in [1.54, 1.807) is 0 Å². The Labute approximate surface area is 118 Å². The number of amides is 1. The standard InChI is InChI=1S/C12H20N4O3S/c1-9(2)12(17)15-10-3-5-16(6-4-10)20(18,19)11-7-13-8-14-11/h7-10H,3-6H2,1-2H3,(H,13,14)(H,15,17). The van der Waals surface area contributed by atoms with Crippen molar-refractivity contribution in [3.8, 4) is 0 Å². The molecular weight excluding hydrogens is 280 g/mol. The van der Waals surface area contributed by atoms with Crippen molar-refractivity contribution in [2.45, 2.75) is 37.8 Å². The fourth-order valence-electron chi connectivity index (χ4n) is 2.13. The summed E-state index contributed by atoms with van der Waals surface area (Å²) < 4.78 is 25.9. The van der Waals surface area contributed by atoms with Crippen molar-refractivity contribution in [1.29, 1.82) is 0 Å². The normalized spacial score (nSPS) is 18.4. The Bertz CT molecular complexity index is 545. The van der Waals surface area contributed by atoms with Crippen molar-refractivity contribution < 1.29 is 13.2 Å². The average Bonchev–Trinajstić information content (AvgIpc) is 2.93. The van der Waals surface area contributed by atoms with Crippen LogP contribution in [0, 0.1) is 5.92 Å². The molecule has 0 saturated carbocycles. The number of carbonyl (C=O) groups is 1. The van der Waals surface area contributed by atoms with Gasteiger partial charge in [-0.2, -0.15) is 4.31 Å². The first-order chi connectivity index (χ1) is 9.41. The summed E-state index contributed by atoms with van der Waals surface area (Å²) in [6.45, 7) is 4.50. The van der Waals surface area contributed by atoms with Crippen molar-refractivity contribution in [1.82, 2.24) is 19.6 Å². The van der Waals surface area contributed by atoms with E-state index in [-0.39, 0.29) is 22.9 Å². The number of hydrogen-bond acceptors (Lipinski definition) is 4. The predicted octanol–water partition coefficient (Wildman–Crippen LogP) is 0.335. The van der Waals surface area contributed by atoms with Crippen molar-refractivity contribution in [3.05, 3.63) is 12.5 Å². The minimum Gasteiger partial charge on any atom is -0.353 e. The van der Waals surface area contributed by atoms with Gasteiger partial charge in [0.15, 0.2) is 5.03 Å². The van der Waals surface area contributed by atoms with E-state index in [0.717, 1.165) is 0 Å². The lowest BCUT2D eigenvalue weighted by Crippen LogP contribution is -2.47. The minimum atomic E-state index is -3.48. The molecule has 1 aromatic rings. The van der Waals surface area contributed by atoms with Gasteiger partial charge in [0.05, 0.1) is 12.5 Å². The molecule has 2 N–H and O–H groups in total. The van der Waals surface area contributed by atoms with Crippen LogP contribution in [0.4, 0.5) is 0 Å². The van der Waals surface area contributed by atoms with E-state index < -0.39 is 10.0 Å². The molecule has 0 radical (unpaired) electrons. The monoisotopic (exact) mass is 300 g/mol. The number of rotatable bonds is 4. The first-order valence-corrected chi connectivity index (χ1v) is 8.14. The SMILES string of the molecule is CC(C)C(=O)NC1CCN(S(=O)(=O)c2cnc[nH]2)CC1. The molecule has 1 aliphatic heterocycles. The molecule has 7 nitrogen and oxygen atoms in total. The molecule has 0 unspecified atom stereocenters. The third-order valence-corrected chi connectivity index (χ3v) is 5.24. The van der Waals surface area contributed by atoms with Crippen LogP contribution in [-0.2, 0) is 14.8 Å². The molecule has 112 valence electrons. The van der Waals surface area contributed by atoms with Gasteiger partial charge in [-0.25, -0.2) is 13.4 Å². The smallest absolute Gasteiger partial charge is 0.260 e. The summed E-state index contributed by atoms with van der Waals surface area (Å²) in [6, 6.07) is 0.0538. The summed E-state index contributed by atoms with van der Waals surface area (Å²) in [4.78, 5) is 18.0. The molecule has 1 saturated heterocycles. The number of piperidine rings is 1. The fraction of sp³-hybridized carbons (Fsp3) is 0.667.